The zero-order valence-electron chi connectivity index (χ0n) is 12.1. The Labute approximate surface area is 120 Å². The van der Waals surface area contributed by atoms with Gasteiger partial charge in [0.15, 0.2) is 0 Å². The van der Waals surface area contributed by atoms with Gasteiger partial charge in [0.25, 0.3) is 0 Å². The second-order valence-electron chi connectivity index (χ2n) is 5.14. The van der Waals surface area contributed by atoms with Crippen molar-refractivity contribution in [2.45, 2.75) is 24.0 Å². The molecule has 0 aromatic carbocycles. The van der Waals surface area contributed by atoms with Gasteiger partial charge in [-0.2, -0.15) is 0 Å². The van der Waals surface area contributed by atoms with E-state index in [-0.39, 0.29) is 5.54 Å². The van der Waals surface area contributed by atoms with Crippen molar-refractivity contribution < 1.29 is 4.74 Å². The van der Waals surface area contributed by atoms with Gasteiger partial charge in [0.05, 0.1) is 17.5 Å². The minimum atomic E-state index is -0.459. The number of likely N-dealkylation sites (N-methyl/N-ethyl adjacent to an activating group) is 2. The second-order valence-corrected chi connectivity index (χ2v) is 5.14. The van der Waals surface area contributed by atoms with Crippen LogP contribution in [0.2, 0.25) is 0 Å². The van der Waals surface area contributed by atoms with E-state index in [9.17, 15) is 0 Å². The molecule has 0 heterocycles. The van der Waals surface area contributed by atoms with Crippen LogP contribution in [0.25, 0.3) is 0 Å². The van der Waals surface area contributed by atoms with Crippen LogP contribution in [0.4, 0.5) is 0 Å². The van der Waals surface area contributed by atoms with Crippen LogP contribution in [-0.4, -0.2) is 25.3 Å². The van der Waals surface area contributed by atoms with Crippen molar-refractivity contribution in [2.24, 2.45) is 5.73 Å². The molecule has 4 nitrogen and oxygen atoms in total. The Bertz CT molecular complexity index is 490. The molecule has 0 aliphatic heterocycles. The highest BCUT2D eigenvalue weighted by atomic mass is 16.5. The SMILES string of the molecule is CNC1(N)C=CC(OC=CC2(NC)C=CC=CC2)=CC1. The first-order valence-electron chi connectivity index (χ1n) is 6.86. The van der Waals surface area contributed by atoms with Gasteiger partial charge in [-0.3, -0.25) is 5.32 Å². The molecule has 108 valence electrons. The normalized spacial score (nSPS) is 32.6. The van der Waals surface area contributed by atoms with E-state index in [2.05, 4.69) is 28.9 Å². The summed E-state index contributed by atoms with van der Waals surface area (Å²) in [6.07, 6.45) is 19.6. The van der Waals surface area contributed by atoms with Gasteiger partial charge in [-0.05, 0) is 44.8 Å². The van der Waals surface area contributed by atoms with Crippen molar-refractivity contribution in [2.75, 3.05) is 14.1 Å². The van der Waals surface area contributed by atoms with Gasteiger partial charge in [0.1, 0.15) is 5.76 Å². The Hall–Kier alpha value is -1.62. The van der Waals surface area contributed by atoms with E-state index in [1.165, 1.54) is 0 Å². The predicted molar refractivity (Wildman–Crippen MR) is 82.7 cm³/mol. The highest BCUT2D eigenvalue weighted by Crippen LogP contribution is 2.20. The molecule has 4 heteroatoms. The lowest BCUT2D eigenvalue weighted by molar-refractivity contribution is 0.345. The van der Waals surface area contributed by atoms with Crippen LogP contribution in [0.5, 0.6) is 0 Å². The van der Waals surface area contributed by atoms with Crippen molar-refractivity contribution in [3.8, 4) is 0 Å². The van der Waals surface area contributed by atoms with Gasteiger partial charge >= 0.3 is 0 Å². The van der Waals surface area contributed by atoms with E-state index < -0.39 is 5.66 Å². The van der Waals surface area contributed by atoms with E-state index in [0.717, 1.165) is 12.2 Å². The summed E-state index contributed by atoms with van der Waals surface area (Å²) >= 11 is 0. The van der Waals surface area contributed by atoms with Crippen LogP contribution >= 0.6 is 0 Å². The highest BCUT2D eigenvalue weighted by Gasteiger charge is 2.22. The molecule has 0 bridgehead atoms. The summed E-state index contributed by atoms with van der Waals surface area (Å²) < 4.78 is 5.66. The van der Waals surface area contributed by atoms with Crippen LogP contribution < -0.4 is 16.4 Å². The molecular weight excluding hydrogens is 250 g/mol. The highest BCUT2D eigenvalue weighted by molar-refractivity contribution is 5.28. The summed E-state index contributed by atoms with van der Waals surface area (Å²) in [6.45, 7) is 0. The minimum absolute atomic E-state index is 0.156. The van der Waals surface area contributed by atoms with Crippen LogP contribution in [-0.2, 0) is 4.74 Å². The van der Waals surface area contributed by atoms with E-state index in [0.29, 0.717) is 6.42 Å². The van der Waals surface area contributed by atoms with Crippen LogP contribution in [0, 0.1) is 0 Å². The minimum Gasteiger partial charge on any atom is -0.466 e. The lowest BCUT2D eigenvalue weighted by Crippen LogP contribution is -2.50. The molecule has 0 fully saturated rings. The molecule has 2 atom stereocenters. The van der Waals surface area contributed by atoms with Crippen molar-refractivity contribution in [1.82, 2.24) is 10.6 Å². The van der Waals surface area contributed by atoms with Crippen LogP contribution in [0.1, 0.15) is 12.8 Å². The summed E-state index contributed by atoms with van der Waals surface area (Å²) in [6, 6.07) is 0. The number of ether oxygens (including phenoxy) is 1. The van der Waals surface area contributed by atoms with Crippen LogP contribution in [0.15, 0.2) is 60.6 Å². The molecule has 2 aliphatic carbocycles. The summed E-state index contributed by atoms with van der Waals surface area (Å²) in [5.41, 5.74) is 5.45. The number of nitrogens with two attached hydrogens (primary N) is 1. The number of allylic oxidation sites excluding steroid dienone is 3. The van der Waals surface area contributed by atoms with Crippen molar-refractivity contribution in [3.05, 3.63) is 60.6 Å². The lowest BCUT2D eigenvalue weighted by Gasteiger charge is -2.28. The summed E-state index contributed by atoms with van der Waals surface area (Å²) in [5, 5.41) is 6.37. The monoisotopic (exact) mass is 273 g/mol. The maximum atomic E-state index is 6.07. The van der Waals surface area contributed by atoms with E-state index in [1.54, 1.807) is 6.26 Å². The zero-order valence-corrected chi connectivity index (χ0v) is 12.1. The van der Waals surface area contributed by atoms with Gasteiger partial charge < -0.3 is 15.8 Å². The molecule has 0 amide bonds. The lowest BCUT2D eigenvalue weighted by atomic mass is 9.91. The molecule has 0 aromatic heterocycles. The molecule has 0 saturated carbocycles. The van der Waals surface area contributed by atoms with Crippen molar-refractivity contribution in [1.29, 1.82) is 0 Å². The topological polar surface area (TPSA) is 59.3 Å². The summed E-state index contributed by atoms with van der Waals surface area (Å²) in [7, 11) is 3.80. The maximum Gasteiger partial charge on any atom is 0.122 e. The molecule has 2 rings (SSSR count). The first kappa shape index (κ1) is 14.8. The molecular formula is C16H23N3O. The Balaban J connectivity index is 1.93. The summed E-state index contributed by atoms with van der Waals surface area (Å²) in [4.78, 5) is 0. The average Bonchev–Trinajstić information content (AvgIpc) is 2.50. The van der Waals surface area contributed by atoms with Crippen molar-refractivity contribution >= 4 is 0 Å². The van der Waals surface area contributed by atoms with Crippen LogP contribution in [0.3, 0.4) is 0 Å². The Morgan fingerprint density at radius 3 is 2.60 bits per heavy atom. The number of hydrogen-bond donors (Lipinski definition) is 3. The quantitative estimate of drug-likeness (QED) is 0.527. The standard InChI is InChI=1S/C16H23N3O/c1-18-15(8-4-3-5-9-15)12-13-20-14-6-10-16(17,19-2)11-7-14/h3-8,10,12-13,18-19H,9,11,17H2,1-2H3. The molecule has 20 heavy (non-hydrogen) atoms. The Morgan fingerprint density at radius 1 is 1.20 bits per heavy atom. The first-order valence-corrected chi connectivity index (χ1v) is 6.86. The molecule has 0 radical (unpaired) electrons. The van der Waals surface area contributed by atoms with Gasteiger partial charge in [0.2, 0.25) is 0 Å². The molecule has 4 N–H and O–H groups in total. The van der Waals surface area contributed by atoms with E-state index in [1.807, 2.05) is 44.5 Å². The average molecular weight is 273 g/mol. The van der Waals surface area contributed by atoms with E-state index in [4.69, 9.17) is 10.5 Å². The van der Waals surface area contributed by atoms with E-state index >= 15 is 0 Å². The van der Waals surface area contributed by atoms with Gasteiger partial charge in [0, 0.05) is 6.42 Å². The molecule has 0 aromatic rings. The Kier molecular flexibility index (Phi) is 4.60. The van der Waals surface area contributed by atoms with Crippen molar-refractivity contribution in [3.63, 3.8) is 0 Å². The Morgan fingerprint density at radius 2 is 2.05 bits per heavy atom. The fourth-order valence-corrected chi connectivity index (χ4v) is 2.17. The van der Waals surface area contributed by atoms with Gasteiger partial charge in [-0.15, -0.1) is 0 Å². The third-order valence-corrected chi connectivity index (χ3v) is 3.78. The molecule has 0 saturated heterocycles. The fraction of sp³-hybridized carbons (Fsp3) is 0.375. The number of nitrogens with one attached hydrogen (secondary N) is 2. The smallest absolute Gasteiger partial charge is 0.122 e. The zero-order chi connectivity index (χ0) is 14.5. The molecule has 0 spiro atoms. The number of hydrogen-bond acceptors (Lipinski definition) is 4. The second kappa shape index (κ2) is 6.22. The number of rotatable bonds is 5. The third-order valence-electron chi connectivity index (χ3n) is 3.78. The molecule has 2 unspecified atom stereocenters. The molecule has 2 aliphatic rings. The maximum absolute atomic E-state index is 6.07. The van der Waals surface area contributed by atoms with Gasteiger partial charge in [-0.1, -0.05) is 24.3 Å². The fourth-order valence-electron chi connectivity index (χ4n) is 2.17. The summed E-state index contributed by atoms with van der Waals surface area (Å²) in [5.74, 6) is 0.819. The first-order chi connectivity index (χ1) is 9.61. The largest absolute Gasteiger partial charge is 0.466 e. The van der Waals surface area contributed by atoms with Gasteiger partial charge in [-0.25, -0.2) is 0 Å². The predicted octanol–water partition coefficient (Wildman–Crippen LogP) is 1.71. The third kappa shape index (κ3) is 3.48.